The highest BCUT2D eigenvalue weighted by molar-refractivity contribution is 5.91. The van der Waals surface area contributed by atoms with E-state index in [0.29, 0.717) is 18.1 Å². The molecule has 2 N–H and O–H groups in total. The molecule has 3 rings (SSSR count). The Hall–Kier alpha value is -3.15. The highest BCUT2D eigenvalue weighted by Crippen LogP contribution is 2.17. The van der Waals surface area contributed by atoms with Crippen molar-refractivity contribution in [2.45, 2.75) is 13.5 Å². The molecule has 0 aliphatic rings. The van der Waals surface area contributed by atoms with Gasteiger partial charge in [0.15, 0.2) is 0 Å². The fourth-order valence-electron chi connectivity index (χ4n) is 2.03. The number of hydrogen-bond acceptors (Lipinski definition) is 5. The molecule has 0 unspecified atom stereocenters. The largest absolute Gasteiger partial charge is 0.467 e. The Bertz CT molecular complexity index is 783. The lowest BCUT2D eigenvalue weighted by Gasteiger charge is -2.08. The number of aryl methyl sites for hydroxylation is 1. The van der Waals surface area contributed by atoms with E-state index in [4.69, 9.17) is 4.42 Å². The van der Waals surface area contributed by atoms with Crippen LogP contribution >= 0.6 is 0 Å². The number of hydrogen-bond donors (Lipinski definition) is 2. The molecule has 2 heterocycles. The number of para-hydroxylation sites is 1. The zero-order valence-electron chi connectivity index (χ0n) is 12.6. The van der Waals surface area contributed by atoms with Gasteiger partial charge in [-0.1, -0.05) is 18.2 Å². The maximum absolute atomic E-state index is 12.0. The third-order valence-electron chi connectivity index (χ3n) is 3.30. The maximum atomic E-state index is 12.0. The Morgan fingerprint density at radius 3 is 2.70 bits per heavy atom. The van der Waals surface area contributed by atoms with Crippen molar-refractivity contribution in [3.05, 3.63) is 72.1 Å². The normalized spacial score (nSPS) is 10.3. The van der Waals surface area contributed by atoms with E-state index in [-0.39, 0.29) is 11.6 Å². The van der Waals surface area contributed by atoms with Crippen molar-refractivity contribution < 1.29 is 9.21 Å². The van der Waals surface area contributed by atoms with E-state index in [0.717, 1.165) is 11.3 Å². The second-order valence-corrected chi connectivity index (χ2v) is 4.99. The van der Waals surface area contributed by atoms with Crippen LogP contribution in [0.25, 0.3) is 0 Å². The van der Waals surface area contributed by atoms with Gasteiger partial charge in [-0.3, -0.25) is 4.79 Å². The van der Waals surface area contributed by atoms with Gasteiger partial charge in [0.25, 0.3) is 5.91 Å². The lowest BCUT2D eigenvalue weighted by molar-refractivity contribution is 0.0942. The molecule has 23 heavy (non-hydrogen) atoms. The highest BCUT2D eigenvalue weighted by atomic mass is 16.3. The SMILES string of the molecule is Cc1ccccc1Nc1cnc(C(=O)NCc2ccco2)cn1. The van der Waals surface area contributed by atoms with E-state index in [9.17, 15) is 4.79 Å². The smallest absolute Gasteiger partial charge is 0.271 e. The molecule has 6 nitrogen and oxygen atoms in total. The zero-order valence-corrected chi connectivity index (χ0v) is 12.6. The molecule has 1 amide bonds. The first-order chi connectivity index (χ1) is 11.2. The van der Waals surface area contributed by atoms with Crippen LogP contribution in [0.15, 0.2) is 59.5 Å². The predicted molar refractivity (Wildman–Crippen MR) is 86.4 cm³/mol. The molecule has 2 aromatic heterocycles. The van der Waals surface area contributed by atoms with Gasteiger partial charge in [0, 0.05) is 5.69 Å². The molecule has 0 bridgehead atoms. The van der Waals surface area contributed by atoms with Crippen LogP contribution in [0.1, 0.15) is 21.8 Å². The number of carbonyl (C=O) groups is 1. The number of anilines is 2. The van der Waals surface area contributed by atoms with Gasteiger partial charge in [-0.2, -0.15) is 0 Å². The molecule has 1 aromatic carbocycles. The minimum Gasteiger partial charge on any atom is -0.467 e. The van der Waals surface area contributed by atoms with Crippen LogP contribution in [0.2, 0.25) is 0 Å². The number of nitrogens with one attached hydrogen (secondary N) is 2. The second-order valence-electron chi connectivity index (χ2n) is 4.99. The van der Waals surface area contributed by atoms with Gasteiger partial charge >= 0.3 is 0 Å². The van der Waals surface area contributed by atoms with Crippen LogP contribution in [0.4, 0.5) is 11.5 Å². The molecular formula is C17H16N4O2. The van der Waals surface area contributed by atoms with Gasteiger partial charge in [0.05, 0.1) is 25.2 Å². The number of furan rings is 1. The van der Waals surface area contributed by atoms with Crippen LogP contribution in [-0.4, -0.2) is 15.9 Å². The van der Waals surface area contributed by atoms with Crippen LogP contribution in [0.5, 0.6) is 0 Å². The minimum absolute atomic E-state index is 0.256. The Morgan fingerprint density at radius 1 is 1.13 bits per heavy atom. The Morgan fingerprint density at radius 2 is 2.00 bits per heavy atom. The standard InChI is InChI=1S/C17H16N4O2/c1-12-5-2-3-7-14(12)21-16-11-18-15(10-19-16)17(22)20-9-13-6-4-8-23-13/h2-8,10-11H,9H2,1H3,(H,19,21)(H,20,22). The van der Waals surface area contributed by atoms with Crippen molar-refractivity contribution in [1.82, 2.24) is 15.3 Å². The molecule has 0 fully saturated rings. The molecule has 0 atom stereocenters. The summed E-state index contributed by atoms with van der Waals surface area (Å²) < 4.78 is 5.16. The third kappa shape index (κ3) is 3.74. The first kappa shape index (κ1) is 14.8. The number of amides is 1. The molecule has 0 spiro atoms. The summed E-state index contributed by atoms with van der Waals surface area (Å²) in [6.45, 7) is 2.32. The van der Waals surface area contributed by atoms with E-state index in [2.05, 4.69) is 20.6 Å². The summed E-state index contributed by atoms with van der Waals surface area (Å²) in [6, 6.07) is 11.4. The van der Waals surface area contributed by atoms with Crippen LogP contribution < -0.4 is 10.6 Å². The van der Waals surface area contributed by atoms with E-state index in [1.807, 2.05) is 31.2 Å². The predicted octanol–water partition coefficient (Wildman–Crippen LogP) is 3.05. The van der Waals surface area contributed by atoms with Crippen molar-refractivity contribution in [2.24, 2.45) is 0 Å². The number of benzene rings is 1. The first-order valence-corrected chi connectivity index (χ1v) is 7.17. The van der Waals surface area contributed by atoms with Gasteiger partial charge in [-0.05, 0) is 30.7 Å². The minimum atomic E-state index is -0.295. The van der Waals surface area contributed by atoms with Gasteiger partial charge in [-0.15, -0.1) is 0 Å². The lowest BCUT2D eigenvalue weighted by Crippen LogP contribution is -2.23. The maximum Gasteiger partial charge on any atom is 0.271 e. The first-order valence-electron chi connectivity index (χ1n) is 7.17. The van der Waals surface area contributed by atoms with Gasteiger partial charge < -0.3 is 15.1 Å². The molecule has 116 valence electrons. The molecule has 0 aliphatic carbocycles. The van der Waals surface area contributed by atoms with E-state index in [1.54, 1.807) is 18.4 Å². The van der Waals surface area contributed by atoms with E-state index >= 15 is 0 Å². The lowest BCUT2D eigenvalue weighted by atomic mass is 10.2. The monoisotopic (exact) mass is 308 g/mol. The highest BCUT2D eigenvalue weighted by Gasteiger charge is 2.09. The number of carbonyl (C=O) groups excluding carboxylic acids is 1. The zero-order chi connectivity index (χ0) is 16.1. The Balaban J connectivity index is 1.62. The summed E-state index contributed by atoms with van der Waals surface area (Å²) in [5, 5.41) is 5.90. The Kier molecular flexibility index (Phi) is 4.33. The van der Waals surface area contributed by atoms with Crippen LogP contribution in [0, 0.1) is 6.92 Å². The third-order valence-corrected chi connectivity index (χ3v) is 3.30. The average Bonchev–Trinajstić information content (AvgIpc) is 3.09. The Labute approximate surface area is 133 Å². The fourth-order valence-corrected chi connectivity index (χ4v) is 2.03. The molecule has 0 radical (unpaired) electrons. The van der Waals surface area contributed by atoms with Crippen LogP contribution in [0.3, 0.4) is 0 Å². The molecule has 6 heteroatoms. The summed E-state index contributed by atoms with van der Waals surface area (Å²) in [5.41, 5.74) is 2.32. The van der Waals surface area contributed by atoms with Gasteiger partial charge in [0.1, 0.15) is 17.3 Å². The number of rotatable bonds is 5. The summed E-state index contributed by atoms with van der Waals surface area (Å²) in [7, 11) is 0. The van der Waals surface area contributed by atoms with Gasteiger partial charge in [-0.25, -0.2) is 9.97 Å². The molecule has 0 saturated heterocycles. The number of aromatic nitrogens is 2. The van der Waals surface area contributed by atoms with Crippen molar-refractivity contribution in [2.75, 3.05) is 5.32 Å². The van der Waals surface area contributed by atoms with Gasteiger partial charge in [0.2, 0.25) is 0 Å². The molecular weight excluding hydrogens is 292 g/mol. The molecule has 0 aliphatic heterocycles. The van der Waals surface area contributed by atoms with Crippen molar-refractivity contribution >= 4 is 17.4 Å². The van der Waals surface area contributed by atoms with Crippen molar-refractivity contribution in [3.8, 4) is 0 Å². The molecule has 0 saturated carbocycles. The fraction of sp³-hybridized carbons (Fsp3) is 0.118. The topological polar surface area (TPSA) is 80.0 Å². The van der Waals surface area contributed by atoms with Crippen molar-refractivity contribution in [1.29, 1.82) is 0 Å². The van der Waals surface area contributed by atoms with E-state index < -0.39 is 0 Å². The van der Waals surface area contributed by atoms with Crippen molar-refractivity contribution in [3.63, 3.8) is 0 Å². The van der Waals surface area contributed by atoms with Crippen LogP contribution in [-0.2, 0) is 6.54 Å². The summed E-state index contributed by atoms with van der Waals surface area (Å²) in [5.74, 6) is 0.974. The summed E-state index contributed by atoms with van der Waals surface area (Å²) in [4.78, 5) is 20.3. The molecule has 3 aromatic rings. The summed E-state index contributed by atoms with van der Waals surface area (Å²) >= 11 is 0. The summed E-state index contributed by atoms with van der Waals surface area (Å²) in [6.07, 6.45) is 4.54. The number of nitrogens with zero attached hydrogens (tertiary/aromatic N) is 2. The average molecular weight is 308 g/mol. The second kappa shape index (κ2) is 6.74. The quantitative estimate of drug-likeness (QED) is 0.757. The van der Waals surface area contributed by atoms with E-state index in [1.165, 1.54) is 12.4 Å².